The molecular weight excluding hydrogens is 1030 g/mol. The molecule has 0 rings (SSSR count). The minimum Gasteiger partial charge on any atom is -0.391 e. The number of allylic oxidation sites excluding steroid dienone is 4. The number of nitrogens with one attached hydrogen (secondary N) is 1. The van der Waals surface area contributed by atoms with Gasteiger partial charge in [-0.05, 0) is 44.9 Å². The fraction of sp³-hybridized carbons (Fsp3) is 0.932. The maximum Gasteiger partial charge on any atom is 0.472 e. The van der Waals surface area contributed by atoms with Gasteiger partial charge >= 0.3 is 7.82 Å². The van der Waals surface area contributed by atoms with Gasteiger partial charge in [-0.2, -0.15) is 0 Å². The molecule has 3 unspecified atom stereocenters. The number of aliphatic hydroxyl groups excluding tert-OH is 1. The van der Waals surface area contributed by atoms with E-state index in [1.807, 2.05) is 21.1 Å². The van der Waals surface area contributed by atoms with Crippen molar-refractivity contribution in [2.45, 2.75) is 398 Å². The molecule has 1 amide bonds. The lowest BCUT2D eigenvalue weighted by Gasteiger charge is -2.26. The van der Waals surface area contributed by atoms with Crippen LogP contribution in [-0.4, -0.2) is 73.4 Å². The molecule has 0 fully saturated rings. The fourth-order valence-corrected chi connectivity index (χ4v) is 12.2. The number of phosphoric ester groups is 1. The van der Waals surface area contributed by atoms with Crippen molar-refractivity contribution in [3.63, 3.8) is 0 Å². The molecule has 0 saturated carbocycles. The molecule has 0 aliphatic heterocycles. The molecule has 0 radical (unpaired) electrons. The van der Waals surface area contributed by atoms with Gasteiger partial charge in [0.05, 0.1) is 39.9 Å². The summed E-state index contributed by atoms with van der Waals surface area (Å²) in [6.45, 7) is 4.95. The van der Waals surface area contributed by atoms with Crippen LogP contribution in [0, 0.1) is 0 Å². The number of hydrogen-bond donors (Lipinski definition) is 3. The van der Waals surface area contributed by atoms with E-state index in [1.54, 1.807) is 0 Å². The highest BCUT2D eigenvalue weighted by Crippen LogP contribution is 2.43. The van der Waals surface area contributed by atoms with E-state index in [9.17, 15) is 19.4 Å². The summed E-state index contributed by atoms with van der Waals surface area (Å²) in [7, 11) is 1.64. The number of amides is 1. The Kier molecular flexibility index (Phi) is 63.7. The number of aliphatic hydroxyl groups is 1. The van der Waals surface area contributed by atoms with E-state index in [1.165, 1.54) is 315 Å². The first-order chi connectivity index (χ1) is 40.0. The third-order valence-corrected chi connectivity index (χ3v) is 18.2. The number of unbranched alkanes of at least 4 members (excludes halogenated alkanes) is 52. The van der Waals surface area contributed by atoms with E-state index in [0.717, 1.165) is 44.9 Å². The van der Waals surface area contributed by atoms with Gasteiger partial charge in [-0.25, -0.2) is 4.57 Å². The molecule has 82 heavy (non-hydrogen) atoms. The number of hydrogen-bond acceptors (Lipinski definition) is 5. The molecule has 0 aromatic carbocycles. The zero-order chi connectivity index (χ0) is 59.8. The molecule has 0 heterocycles. The highest BCUT2D eigenvalue weighted by molar-refractivity contribution is 7.47. The monoisotopic (exact) mass is 1180 g/mol. The van der Waals surface area contributed by atoms with Crippen molar-refractivity contribution < 1.29 is 32.9 Å². The standard InChI is InChI=1S/C73H145N2O6P/c1-6-8-10-12-14-16-18-20-22-24-26-28-30-32-34-36-37-39-41-43-45-47-49-51-53-55-57-59-61-63-65-67-73(77)74-71(70-81-82(78,79)80-69-68-75(3,4)5)72(76)66-64-62-60-58-56-54-52-50-48-46-44-42-40-38-35-33-31-29-27-25-23-21-19-17-15-13-11-9-7-2/h18,20,24,26,71-72,76H,6-17,19,21-23,25,27-70H2,1-5H3,(H-,74,77,78,79)/p+1/b20-18-,26-24-. The van der Waals surface area contributed by atoms with Gasteiger partial charge in [-0.1, -0.05) is 359 Å². The first-order valence-electron chi connectivity index (χ1n) is 36.7. The summed E-state index contributed by atoms with van der Waals surface area (Å²) < 4.78 is 23.9. The largest absolute Gasteiger partial charge is 0.472 e. The molecule has 0 aromatic heterocycles. The highest BCUT2D eigenvalue weighted by atomic mass is 31.2. The van der Waals surface area contributed by atoms with Gasteiger partial charge in [0.2, 0.25) is 5.91 Å². The molecule has 0 saturated heterocycles. The third kappa shape index (κ3) is 66.5. The number of rotatable bonds is 69. The molecule has 3 atom stereocenters. The third-order valence-electron chi connectivity index (χ3n) is 17.2. The van der Waals surface area contributed by atoms with Crippen molar-refractivity contribution >= 4 is 13.7 Å². The summed E-state index contributed by atoms with van der Waals surface area (Å²) in [6, 6.07) is -0.760. The van der Waals surface area contributed by atoms with Gasteiger partial charge in [0.1, 0.15) is 13.2 Å². The van der Waals surface area contributed by atoms with Crippen LogP contribution in [0.2, 0.25) is 0 Å². The molecule has 0 bridgehead atoms. The average molecular weight is 1180 g/mol. The molecule has 8 nitrogen and oxygen atoms in total. The number of quaternary nitrogens is 1. The Morgan fingerprint density at radius 3 is 1.00 bits per heavy atom. The normalized spacial score (nSPS) is 13.7. The van der Waals surface area contributed by atoms with E-state index >= 15 is 0 Å². The maximum absolute atomic E-state index is 13.1. The van der Waals surface area contributed by atoms with Gasteiger partial charge < -0.3 is 19.8 Å². The average Bonchev–Trinajstić information content (AvgIpc) is 3.47. The highest BCUT2D eigenvalue weighted by Gasteiger charge is 2.28. The zero-order valence-corrected chi connectivity index (χ0v) is 56.9. The van der Waals surface area contributed by atoms with Crippen LogP contribution >= 0.6 is 7.82 Å². The molecular formula is C73H146N2O6P+. The van der Waals surface area contributed by atoms with Crippen molar-refractivity contribution in [1.29, 1.82) is 0 Å². The molecule has 9 heteroatoms. The molecule has 488 valence electrons. The first kappa shape index (κ1) is 81.0. The Balaban J connectivity index is 3.97. The Bertz CT molecular complexity index is 1390. The van der Waals surface area contributed by atoms with E-state index in [4.69, 9.17) is 9.05 Å². The van der Waals surface area contributed by atoms with Crippen molar-refractivity contribution in [3.05, 3.63) is 24.3 Å². The molecule has 0 aliphatic rings. The molecule has 0 aromatic rings. The van der Waals surface area contributed by atoms with Crippen LogP contribution in [-0.2, 0) is 18.4 Å². The topological polar surface area (TPSA) is 105 Å². The minimum atomic E-state index is -4.33. The van der Waals surface area contributed by atoms with Crippen LogP contribution in [0.25, 0.3) is 0 Å². The predicted octanol–water partition coefficient (Wildman–Crippen LogP) is 23.4. The number of likely N-dealkylation sites (N-methyl/N-ethyl adjacent to an activating group) is 1. The number of nitrogens with zero attached hydrogens (tertiary/aromatic N) is 1. The van der Waals surface area contributed by atoms with Crippen LogP contribution in [0.4, 0.5) is 0 Å². The second-order valence-electron chi connectivity index (χ2n) is 26.7. The zero-order valence-electron chi connectivity index (χ0n) is 56.0. The van der Waals surface area contributed by atoms with E-state index in [-0.39, 0.29) is 19.1 Å². The minimum absolute atomic E-state index is 0.0776. The van der Waals surface area contributed by atoms with Gasteiger partial charge in [0.15, 0.2) is 0 Å². The van der Waals surface area contributed by atoms with Crippen molar-refractivity contribution in [3.8, 4) is 0 Å². The van der Waals surface area contributed by atoms with Crippen LogP contribution in [0.1, 0.15) is 386 Å². The molecule has 0 aliphatic carbocycles. The van der Waals surface area contributed by atoms with Crippen LogP contribution < -0.4 is 5.32 Å². The molecule has 0 spiro atoms. The Morgan fingerprint density at radius 1 is 0.415 bits per heavy atom. The Hall–Kier alpha value is -1.02. The van der Waals surface area contributed by atoms with Gasteiger partial charge in [-0.15, -0.1) is 0 Å². The summed E-state index contributed by atoms with van der Waals surface area (Å²) >= 11 is 0. The summed E-state index contributed by atoms with van der Waals surface area (Å²) in [5.41, 5.74) is 0. The van der Waals surface area contributed by atoms with Gasteiger partial charge in [0.25, 0.3) is 0 Å². The summed E-state index contributed by atoms with van der Waals surface area (Å²) in [4.78, 5) is 23.5. The SMILES string of the molecule is CCCCCCC/C=C\C/C=C\CCCCCCCCCCCCCCCCCCCCCC(=O)NC(COP(=O)(O)OCC[N+](C)(C)C)C(O)CCCCCCCCCCCCCCCCCCCCCCCCCCCCCCC. The number of carbonyl (C=O) groups excluding carboxylic acids is 1. The van der Waals surface area contributed by atoms with Crippen LogP contribution in [0.15, 0.2) is 24.3 Å². The summed E-state index contributed by atoms with van der Waals surface area (Å²) in [6.07, 6.45) is 84.4. The fourth-order valence-electron chi connectivity index (χ4n) is 11.5. The number of phosphoric acid groups is 1. The van der Waals surface area contributed by atoms with Crippen molar-refractivity contribution in [1.82, 2.24) is 5.32 Å². The first-order valence-corrected chi connectivity index (χ1v) is 38.2. The lowest BCUT2D eigenvalue weighted by Crippen LogP contribution is -2.46. The lowest BCUT2D eigenvalue weighted by molar-refractivity contribution is -0.870. The van der Waals surface area contributed by atoms with Crippen molar-refractivity contribution in [2.75, 3.05) is 40.9 Å². The van der Waals surface area contributed by atoms with Crippen LogP contribution in [0.5, 0.6) is 0 Å². The van der Waals surface area contributed by atoms with E-state index in [2.05, 4.69) is 43.5 Å². The summed E-state index contributed by atoms with van der Waals surface area (Å²) in [5, 5.41) is 14.2. The van der Waals surface area contributed by atoms with E-state index < -0.39 is 20.0 Å². The van der Waals surface area contributed by atoms with Gasteiger partial charge in [-0.3, -0.25) is 13.8 Å². The summed E-state index contributed by atoms with van der Waals surface area (Å²) in [5.74, 6) is -0.135. The predicted molar refractivity (Wildman–Crippen MR) is 360 cm³/mol. The number of carbonyl (C=O) groups is 1. The Morgan fingerprint density at radius 2 is 0.695 bits per heavy atom. The Labute approximate surface area is 513 Å². The quantitative estimate of drug-likeness (QED) is 0.0243. The molecule has 3 N–H and O–H groups in total. The second kappa shape index (κ2) is 64.5. The van der Waals surface area contributed by atoms with Gasteiger partial charge in [0, 0.05) is 6.42 Å². The van der Waals surface area contributed by atoms with Crippen molar-refractivity contribution in [2.24, 2.45) is 0 Å². The van der Waals surface area contributed by atoms with Crippen LogP contribution in [0.3, 0.4) is 0 Å². The maximum atomic E-state index is 13.1. The lowest BCUT2D eigenvalue weighted by atomic mass is 10.0. The smallest absolute Gasteiger partial charge is 0.391 e. The second-order valence-corrected chi connectivity index (χ2v) is 28.1. The van der Waals surface area contributed by atoms with E-state index in [0.29, 0.717) is 23.9 Å².